The maximum atomic E-state index is 6.01. The highest BCUT2D eigenvalue weighted by molar-refractivity contribution is 5.78. The molecule has 1 aromatic heterocycles. The van der Waals surface area contributed by atoms with Gasteiger partial charge in [0.1, 0.15) is 11.3 Å². The molecule has 0 bridgehead atoms. The number of piperidine rings is 1. The quantitative estimate of drug-likeness (QED) is 0.743. The van der Waals surface area contributed by atoms with E-state index in [-0.39, 0.29) is 0 Å². The first-order chi connectivity index (χ1) is 8.22. The van der Waals surface area contributed by atoms with Gasteiger partial charge in [-0.15, -0.1) is 0 Å². The van der Waals surface area contributed by atoms with Crippen molar-refractivity contribution in [2.24, 2.45) is 0 Å². The molecule has 1 saturated heterocycles. The lowest BCUT2D eigenvalue weighted by Gasteiger charge is -2.27. The molecule has 90 valence electrons. The third-order valence-electron chi connectivity index (χ3n) is 3.82. The molecule has 0 aliphatic carbocycles. The molecule has 0 radical (unpaired) electrons. The zero-order chi connectivity index (χ0) is 11.8. The Balaban J connectivity index is 1.90. The Bertz CT molecular complexity index is 521. The van der Waals surface area contributed by atoms with Crippen molar-refractivity contribution < 1.29 is 4.42 Å². The molecule has 0 amide bonds. The van der Waals surface area contributed by atoms with E-state index in [1.807, 2.05) is 0 Å². The molecule has 0 spiro atoms. The van der Waals surface area contributed by atoms with Crippen LogP contribution in [0, 0.1) is 6.92 Å². The predicted octanol–water partition coefficient (Wildman–Crippen LogP) is 3.55. The number of benzene rings is 1. The zero-order valence-corrected chi connectivity index (χ0v) is 10.6. The summed E-state index contributed by atoms with van der Waals surface area (Å²) in [5, 5.41) is 1.24. The van der Waals surface area contributed by atoms with Gasteiger partial charge >= 0.3 is 0 Å². The van der Waals surface area contributed by atoms with E-state index >= 15 is 0 Å². The molecule has 3 rings (SSSR count). The SMILES string of the molecule is Cc1ccc2cc(C3CCN(C)CC3)oc2c1. The summed E-state index contributed by atoms with van der Waals surface area (Å²) in [4.78, 5) is 2.39. The van der Waals surface area contributed by atoms with E-state index in [2.05, 4.69) is 43.1 Å². The molecule has 0 unspecified atom stereocenters. The van der Waals surface area contributed by atoms with Gasteiger partial charge in [0.2, 0.25) is 0 Å². The lowest BCUT2D eigenvalue weighted by Crippen LogP contribution is -2.29. The van der Waals surface area contributed by atoms with Crippen molar-refractivity contribution in [3.8, 4) is 0 Å². The summed E-state index contributed by atoms with van der Waals surface area (Å²) < 4.78 is 6.01. The average Bonchev–Trinajstić information content (AvgIpc) is 2.72. The van der Waals surface area contributed by atoms with Crippen molar-refractivity contribution in [2.75, 3.05) is 20.1 Å². The Labute approximate surface area is 102 Å². The molecule has 2 heteroatoms. The number of aryl methyl sites for hydroxylation is 1. The van der Waals surface area contributed by atoms with E-state index in [0.29, 0.717) is 5.92 Å². The van der Waals surface area contributed by atoms with Crippen LogP contribution in [0.5, 0.6) is 0 Å². The molecule has 2 nitrogen and oxygen atoms in total. The fourth-order valence-electron chi connectivity index (χ4n) is 2.65. The third-order valence-corrected chi connectivity index (χ3v) is 3.82. The minimum Gasteiger partial charge on any atom is -0.461 e. The summed E-state index contributed by atoms with van der Waals surface area (Å²) in [6, 6.07) is 8.67. The summed E-state index contributed by atoms with van der Waals surface area (Å²) in [6.07, 6.45) is 2.44. The smallest absolute Gasteiger partial charge is 0.134 e. The van der Waals surface area contributed by atoms with Crippen LogP contribution in [-0.2, 0) is 0 Å². The maximum Gasteiger partial charge on any atom is 0.134 e. The van der Waals surface area contributed by atoms with Crippen LogP contribution in [0.3, 0.4) is 0 Å². The third kappa shape index (κ3) is 2.09. The van der Waals surface area contributed by atoms with E-state index in [0.717, 1.165) is 5.58 Å². The van der Waals surface area contributed by atoms with Crippen LogP contribution in [0.1, 0.15) is 30.1 Å². The lowest BCUT2D eigenvalue weighted by molar-refractivity contribution is 0.242. The zero-order valence-electron chi connectivity index (χ0n) is 10.6. The molecule has 1 fully saturated rings. The first-order valence-electron chi connectivity index (χ1n) is 6.41. The first-order valence-corrected chi connectivity index (χ1v) is 6.41. The number of furan rings is 1. The minimum atomic E-state index is 0.610. The van der Waals surface area contributed by atoms with Gasteiger partial charge in [-0.1, -0.05) is 12.1 Å². The van der Waals surface area contributed by atoms with Gasteiger partial charge in [0, 0.05) is 11.3 Å². The molecule has 17 heavy (non-hydrogen) atoms. The first kappa shape index (κ1) is 10.8. The van der Waals surface area contributed by atoms with E-state index < -0.39 is 0 Å². The molecule has 1 aliphatic heterocycles. The Morgan fingerprint density at radius 3 is 2.71 bits per heavy atom. The second kappa shape index (κ2) is 4.19. The molecule has 0 atom stereocenters. The average molecular weight is 229 g/mol. The van der Waals surface area contributed by atoms with Crippen molar-refractivity contribution in [1.29, 1.82) is 0 Å². The van der Waals surface area contributed by atoms with E-state index in [1.165, 1.54) is 42.6 Å². The number of nitrogens with zero attached hydrogens (tertiary/aromatic N) is 1. The number of hydrogen-bond donors (Lipinski definition) is 0. The van der Waals surface area contributed by atoms with E-state index in [1.54, 1.807) is 0 Å². The topological polar surface area (TPSA) is 16.4 Å². The largest absolute Gasteiger partial charge is 0.461 e. The van der Waals surface area contributed by atoms with E-state index in [4.69, 9.17) is 4.42 Å². The van der Waals surface area contributed by atoms with E-state index in [9.17, 15) is 0 Å². The Morgan fingerprint density at radius 1 is 1.18 bits per heavy atom. The number of hydrogen-bond acceptors (Lipinski definition) is 2. The standard InChI is InChI=1S/C15H19NO/c1-11-3-4-13-10-15(17-14(13)9-11)12-5-7-16(2)8-6-12/h3-4,9-10,12H,5-8H2,1-2H3. The monoisotopic (exact) mass is 229 g/mol. The van der Waals surface area contributed by atoms with Gasteiger partial charge in [-0.2, -0.15) is 0 Å². The van der Waals surface area contributed by atoms with Crippen LogP contribution in [0.25, 0.3) is 11.0 Å². The summed E-state index contributed by atoms with van der Waals surface area (Å²) >= 11 is 0. The molecule has 0 saturated carbocycles. The summed E-state index contributed by atoms with van der Waals surface area (Å²) in [5.41, 5.74) is 2.31. The van der Waals surface area contributed by atoms with Gasteiger partial charge in [-0.25, -0.2) is 0 Å². The van der Waals surface area contributed by atoms with Crippen molar-refractivity contribution in [1.82, 2.24) is 4.90 Å². The predicted molar refractivity (Wildman–Crippen MR) is 70.4 cm³/mol. The maximum absolute atomic E-state index is 6.01. The highest BCUT2D eigenvalue weighted by atomic mass is 16.3. The fraction of sp³-hybridized carbons (Fsp3) is 0.467. The lowest BCUT2D eigenvalue weighted by atomic mass is 9.94. The number of rotatable bonds is 1. The van der Waals surface area contributed by atoms with Crippen molar-refractivity contribution >= 4 is 11.0 Å². The fourth-order valence-corrected chi connectivity index (χ4v) is 2.65. The van der Waals surface area contributed by atoms with Gasteiger partial charge < -0.3 is 9.32 Å². The molecule has 1 aromatic carbocycles. The molecule has 2 aromatic rings. The van der Waals surface area contributed by atoms with Crippen LogP contribution in [-0.4, -0.2) is 25.0 Å². The normalized spacial score (nSPS) is 18.9. The number of likely N-dealkylation sites (tertiary alicyclic amines) is 1. The number of fused-ring (bicyclic) bond motifs is 1. The molecular formula is C15H19NO. The van der Waals surface area contributed by atoms with Crippen LogP contribution in [0.4, 0.5) is 0 Å². The van der Waals surface area contributed by atoms with Crippen LogP contribution >= 0.6 is 0 Å². The van der Waals surface area contributed by atoms with Crippen LogP contribution in [0.2, 0.25) is 0 Å². The molecule has 1 aliphatic rings. The second-order valence-electron chi connectivity index (χ2n) is 5.27. The van der Waals surface area contributed by atoms with Gasteiger partial charge in [0.15, 0.2) is 0 Å². The Morgan fingerprint density at radius 2 is 1.94 bits per heavy atom. The van der Waals surface area contributed by atoms with Gasteiger partial charge in [-0.3, -0.25) is 0 Å². The van der Waals surface area contributed by atoms with Crippen molar-refractivity contribution in [3.05, 3.63) is 35.6 Å². The second-order valence-corrected chi connectivity index (χ2v) is 5.27. The van der Waals surface area contributed by atoms with Gasteiger partial charge in [0.25, 0.3) is 0 Å². The molecular weight excluding hydrogens is 210 g/mol. The summed E-state index contributed by atoms with van der Waals surface area (Å²) in [6.45, 7) is 4.47. The molecule has 2 heterocycles. The van der Waals surface area contributed by atoms with Crippen LogP contribution < -0.4 is 0 Å². The Kier molecular flexibility index (Phi) is 2.67. The van der Waals surface area contributed by atoms with Gasteiger partial charge in [-0.05, 0) is 57.6 Å². The Hall–Kier alpha value is -1.28. The highest BCUT2D eigenvalue weighted by Crippen LogP contribution is 2.32. The van der Waals surface area contributed by atoms with Crippen LogP contribution in [0.15, 0.2) is 28.7 Å². The molecule has 0 N–H and O–H groups in total. The summed E-state index contributed by atoms with van der Waals surface area (Å²) in [7, 11) is 2.19. The highest BCUT2D eigenvalue weighted by Gasteiger charge is 2.21. The minimum absolute atomic E-state index is 0.610. The van der Waals surface area contributed by atoms with Crippen molar-refractivity contribution in [2.45, 2.75) is 25.7 Å². The van der Waals surface area contributed by atoms with Gasteiger partial charge in [0.05, 0.1) is 0 Å². The summed E-state index contributed by atoms with van der Waals surface area (Å²) in [5.74, 6) is 1.79. The van der Waals surface area contributed by atoms with Crippen molar-refractivity contribution in [3.63, 3.8) is 0 Å².